The highest BCUT2D eigenvalue weighted by Gasteiger charge is 2.18. The molecule has 0 aliphatic carbocycles. The molecule has 0 fully saturated rings. The van der Waals surface area contributed by atoms with Crippen LogP contribution < -0.4 is 11.1 Å². The van der Waals surface area contributed by atoms with Gasteiger partial charge in [-0.25, -0.2) is 0 Å². The summed E-state index contributed by atoms with van der Waals surface area (Å²) in [5, 5.41) is 22.0. The number of nitrogens with two attached hydrogens (primary N) is 1. The molecule has 5 N–H and O–H groups in total. The average Bonchev–Trinajstić information content (AvgIpc) is 2.59. The lowest BCUT2D eigenvalue weighted by molar-refractivity contribution is -0.119. The van der Waals surface area contributed by atoms with Crippen LogP contribution in [-0.4, -0.2) is 34.4 Å². The third kappa shape index (κ3) is 9.00. The molecule has 1 amide bonds. The Morgan fingerprint density at radius 3 is 2.32 bits per heavy atom. The standard InChI is InChI=1S/C20H34N2O3/c1-3-4-5-6-9-18(24)10-7-8-16-11-13-17(14-12-16)22-20(25)19(21)15(2)23/h11-15,18-19,23-24H,3-10,21H2,1-2H3,(H,22,25)/t15-,18?,19+/m1/s1. The molecule has 5 heteroatoms. The number of anilines is 1. The number of aliphatic hydroxyl groups excluding tert-OH is 2. The molecule has 5 nitrogen and oxygen atoms in total. The van der Waals surface area contributed by atoms with Gasteiger partial charge in [-0.2, -0.15) is 0 Å². The van der Waals surface area contributed by atoms with Crippen LogP contribution in [0.4, 0.5) is 5.69 Å². The second-order valence-electron chi connectivity index (χ2n) is 6.85. The topological polar surface area (TPSA) is 95.6 Å². The first-order chi connectivity index (χ1) is 11.9. The third-order valence-electron chi connectivity index (χ3n) is 4.44. The van der Waals surface area contributed by atoms with Gasteiger partial charge in [0.25, 0.3) is 0 Å². The highest BCUT2D eigenvalue weighted by Crippen LogP contribution is 2.15. The molecule has 0 spiro atoms. The number of rotatable bonds is 12. The van der Waals surface area contributed by atoms with Gasteiger partial charge in [0, 0.05) is 5.69 Å². The Kier molecular flexibility index (Phi) is 10.4. The minimum Gasteiger partial charge on any atom is -0.393 e. The maximum Gasteiger partial charge on any atom is 0.243 e. The Morgan fingerprint density at radius 2 is 1.72 bits per heavy atom. The number of benzene rings is 1. The molecule has 0 saturated carbocycles. The minimum atomic E-state index is -0.932. The van der Waals surface area contributed by atoms with E-state index in [1.165, 1.54) is 31.7 Å². The number of amides is 1. The van der Waals surface area contributed by atoms with E-state index in [0.717, 1.165) is 32.1 Å². The molecular weight excluding hydrogens is 316 g/mol. The molecule has 1 rings (SSSR count). The quantitative estimate of drug-likeness (QED) is 0.436. The largest absolute Gasteiger partial charge is 0.393 e. The normalized spacial score (nSPS) is 14.8. The molecule has 0 heterocycles. The van der Waals surface area contributed by atoms with Gasteiger partial charge in [-0.3, -0.25) is 4.79 Å². The van der Waals surface area contributed by atoms with Gasteiger partial charge in [0.15, 0.2) is 0 Å². The number of nitrogens with one attached hydrogen (secondary N) is 1. The van der Waals surface area contributed by atoms with E-state index in [1.807, 2.05) is 24.3 Å². The summed E-state index contributed by atoms with van der Waals surface area (Å²) in [6, 6.07) is 6.68. The van der Waals surface area contributed by atoms with Crippen LogP contribution in [0, 0.1) is 0 Å². The van der Waals surface area contributed by atoms with E-state index in [-0.39, 0.29) is 6.10 Å². The third-order valence-corrected chi connectivity index (χ3v) is 4.44. The van der Waals surface area contributed by atoms with Crippen molar-refractivity contribution in [2.45, 2.75) is 83.5 Å². The molecule has 0 radical (unpaired) electrons. The molecule has 0 saturated heterocycles. The Labute approximate surface area is 151 Å². The van der Waals surface area contributed by atoms with Crippen LogP contribution in [0.2, 0.25) is 0 Å². The van der Waals surface area contributed by atoms with Crippen molar-refractivity contribution in [2.75, 3.05) is 5.32 Å². The molecule has 1 unspecified atom stereocenters. The lowest BCUT2D eigenvalue weighted by atomic mass is 10.0. The van der Waals surface area contributed by atoms with E-state index < -0.39 is 18.1 Å². The Morgan fingerprint density at radius 1 is 1.08 bits per heavy atom. The zero-order valence-electron chi connectivity index (χ0n) is 15.6. The van der Waals surface area contributed by atoms with Crippen molar-refractivity contribution in [3.63, 3.8) is 0 Å². The number of carbonyl (C=O) groups excluding carboxylic acids is 1. The van der Waals surface area contributed by atoms with Gasteiger partial charge in [-0.15, -0.1) is 0 Å². The number of unbranched alkanes of at least 4 members (excludes halogenated alkanes) is 3. The van der Waals surface area contributed by atoms with Crippen LogP contribution in [-0.2, 0) is 11.2 Å². The number of carbonyl (C=O) groups is 1. The van der Waals surface area contributed by atoms with Crippen LogP contribution in [0.15, 0.2) is 24.3 Å². The van der Waals surface area contributed by atoms with Crippen LogP contribution in [0.25, 0.3) is 0 Å². The Balaban J connectivity index is 2.29. The van der Waals surface area contributed by atoms with Gasteiger partial charge < -0.3 is 21.3 Å². The maximum atomic E-state index is 11.8. The molecule has 0 aliphatic heterocycles. The molecule has 1 aromatic rings. The van der Waals surface area contributed by atoms with E-state index in [2.05, 4.69) is 12.2 Å². The smallest absolute Gasteiger partial charge is 0.243 e. The molecule has 0 bridgehead atoms. The summed E-state index contributed by atoms with van der Waals surface area (Å²) >= 11 is 0. The summed E-state index contributed by atoms with van der Waals surface area (Å²) in [5.74, 6) is -0.394. The van der Waals surface area contributed by atoms with Gasteiger partial charge in [-0.05, 0) is 50.3 Å². The molecule has 0 aromatic heterocycles. The van der Waals surface area contributed by atoms with Crippen molar-refractivity contribution in [3.8, 4) is 0 Å². The van der Waals surface area contributed by atoms with Crippen molar-refractivity contribution < 1.29 is 15.0 Å². The first kappa shape index (κ1) is 21.6. The number of hydrogen-bond acceptors (Lipinski definition) is 4. The van der Waals surface area contributed by atoms with Crippen LogP contribution >= 0.6 is 0 Å². The van der Waals surface area contributed by atoms with Crippen LogP contribution in [0.1, 0.15) is 64.4 Å². The van der Waals surface area contributed by atoms with E-state index in [4.69, 9.17) is 5.73 Å². The highest BCUT2D eigenvalue weighted by molar-refractivity contribution is 5.95. The van der Waals surface area contributed by atoms with Crippen molar-refractivity contribution in [1.82, 2.24) is 0 Å². The van der Waals surface area contributed by atoms with Gasteiger partial charge >= 0.3 is 0 Å². The average molecular weight is 351 g/mol. The zero-order valence-corrected chi connectivity index (χ0v) is 15.6. The highest BCUT2D eigenvalue weighted by atomic mass is 16.3. The summed E-state index contributed by atoms with van der Waals surface area (Å²) < 4.78 is 0. The second kappa shape index (κ2) is 12.0. The van der Waals surface area contributed by atoms with Crippen LogP contribution in [0.3, 0.4) is 0 Å². The van der Waals surface area contributed by atoms with Gasteiger partial charge in [0.1, 0.15) is 6.04 Å². The number of aryl methyl sites for hydroxylation is 1. The summed E-state index contributed by atoms with van der Waals surface area (Å²) in [4.78, 5) is 11.8. The van der Waals surface area contributed by atoms with E-state index >= 15 is 0 Å². The first-order valence-corrected chi connectivity index (χ1v) is 9.45. The fourth-order valence-corrected chi connectivity index (χ4v) is 2.69. The molecule has 25 heavy (non-hydrogen) atoms. The predicted octanol–water partition coefficient (Wildman–Crippen LogP) is 2.99. The lowest BCUT2D eigenvalue weighted by Crippen LogP contribution is -2.43. The Hall–Kier alpha value is -1.43. The SMILES string of the molecule is CCCCCCC(O)CCCc1ccc(NC(=O)[C@@H](N)[C@@H](C)O)cc1. The molecule has 3 atom stereocenters. The zero-order chi connectivity index (χ0) is 18.7. The van der Waals surface area contributed by atoms with E-state index in [9.17, 15) is 15.0 Å². The fourth-order valence-electron chi connectivity index (χ4n) is 2.69. The van der Waals surface area contributed by atoms with Crippen molar-refractivity contribution in [2.24, 2.45) is 5.73 Å². The molecular formula is C20H34N2O3. The maximum absolute atomic E-state index is 11.8. The van der Waals surface area contributed by atoms with Gasteiger partial charge in [-0.1, -0.05) is 44.7 Å². The molecule has 142 valence electrons. The lowest BCUT2D eigenvalue weighted by Gasteiger charge is -2.14. The van der Waals surface area contributed by atoms with E-state index in [0.29, 0.717) is 5.69 Å². The van der Waals surface area contributed by atoms with Gasteiger partial charge in [0.2, 0.25) is 5.91 Å². The summed E-state index contributed by atoms with van der Waals surface area (Å²) in [5.41, 5.74) is 7.44. The fraction of sp³-hybridized carbons (Fsp3) is 0.650. The summed E-state index contributed by atoms with van der Waals surface area (Å²) in [6.45, 7) is 3.68. The summed E-state index contributed by atoms with van der Waals surface area (Å²) in [7, 11) is 0. The first-order valence-electron chi connectivity index (χ1n) is 9.45. The van der Waals surface area contributed by atoms with Crippen molar-refractivity contribution in [3.05, 3.63) is 29.8 Å². The molecule has 1 aromatic carbocycles. The monoisotopic (exact) mass is 350 g/mol. The predicted molar refractivity (Wildman–Crippen MR) is 102 cm³/mol. The van der Waals surface area contributed by atoms with Gasteiger partial charge in [0.05, 0.1) is 12.2 Å². The van der Waals surface area contributed by atoms with Crippen LogP contribution in [0.5, 0.6) is 0 Å². The number of aliphatic hydroxyl groups is 2. The molecule has 0 aliphatic rings. The minimum absolute atomic E-state index is 0.197. The summed E-state index contributed by atoms with van der Waals surface area (Å²) in [6.07, 6.45) is 7.29. The van der Waals surface area contributed by atoms with Crippen molar-refractivity contribution >= 4 is 11.6 Å². The second-order valence-corrected chi connectivity index (χ2v) is 6.85. The Bertz CT molecular complexity index is 488. The van der Waals surface area contributed by atoms with Crippen molar-refractivity contribution in [1.29, 1.82) is 0 Å². The van der Waals surface area contributed by atoms with E-state index in [1.54, 1.807) is 0 Å². The number of hydrogen-bond donors (Lipinski definition) is 4.